The summed E-state index contributed by atoms with van der Waals surface area (Å²) in [6, 6.07) is 0. The standard InChI is InChI=1S/C10H19NO2/c1-11-7-5-10(12)13-8-6-9-3-2-4-9/h9,11H,2-8H2,1H3. The minimum atomic E-state index is -0.0753. The summed E-state index contributed by atoms with van der Waals surface area (Å²) in [4.78, 5) is 11.0. The zero-order valence-electron chi connectivity index (χ0n) is 8.34. The number of rotatable bonds is 6. The number of ether oxygens (including phenoxy) is 1. The van der Waals surface area contributed by atoms with Crippen LogP contribution in [0, 0.1) is 5.92 Å². The van der Waals surface area contributed by atoms with Crippen molar-refractivity contribution in [3.8, 4) is 0 Å². The fourth-order valence-corrected chi connectivity index (χ4v) is 1.42. The summed E-state index contributed by atoms with van der Waals surface area (Å²) in [6.45, 7) is 1.33. The fourth-order valence-electron chi connectivity index (χ4n) is 1.42. The van der Waals surface area contributed by atoms with Crippen molar-refractivity contribution in [1.29, 1.82) is 0 Å². The molecular weight excluding hydrogens is 166 g/mol. The Labute approximate surface area is 79.8 Å². The second kappa shape index (κ2) is 5.97. The highest BCUT2D eigenvalue weighted by molar-refractivity contribution is 5.69. The Hall–Kier alpha value is -0.570. The minimum absolute atomic E-state index is 0.0753. The Morgan fingerprint density at radius 3 is 2.85 bits per heavy atom. The van der Waals surface area contributed by atoms with E-state index in [9.17, 15) is 4.79 Å². The van der Waals surface area contributed by atoms with Crippen molar-refractivity contribution in [1.82, 2.24) is 5.32 Å². The third-order valence-corrected chi connectivity index (χ3v) is 2.59. The van der Waals surface area contributed by atoms with Crippen LogP contribution in [-0.2, 0) is 9.53 Å². The monoisotopic (exact) mass is 185 g/mol. The van der Waals surface area contributed by atoms with E-state index in [2.05, 4.69) is 5.32 Å². The van der Waals surface area contributed by atoms with Crippen molar-refractivity contribution >= 4 is 5.97 Å². The maximum Gasteiger partial charge on any atom is 0.307 e. The second-order valence-electron chi connectivity index (χ2n) is 3.66. The van der Waals surface area contributed by atoms with Crippen LogP contribution in [0.1, 0.15) is 32.1 Å². The van der Waals surface area contributed by atoms with Crippen molar-refractivity contribution < 1.29 is 9.53 Å². The predicted octanol–water partition coefficient (Wildman–Crippen LogP) is 1.33. The van der Waals surface area contributed by atoms with Gasteiger partial charge in [0.15, 0.2) is 0 Å². The van der Waals surface area contributed by atoms with Crippen LogP contribution in [0.4, 0.5) is 0 Å². The highest BCUT2D eigenvalue weighted by atomic mass is 16.5. The normalized spacial score (nSPS) is 16.7. The molecule has 3 nitrogen and oxygen atoms in total. The molecule has 1 saturated carbocycles. The Balaban J connectivity index is 1.88. The van der Waals surface area contributed by atoms with Crippen LogP contribution >= 0.6 is 0 Å². The van der Waals surface area contributed by atoms with Crippen LogP contribution in [0.25, 0.3) is 0 Å². The maximum atomic E-state index is 11.0. The van der Waals surface area contributed by atoms with Crippen molar-refractivity contribution in [3.05, 3.63) is 0 Å². The smallest absolute Gasteiger partial charge is 0.307 e. The van der Waals surface area contributed by atoms with Gasteiger partial charge >= 0.3 is 5.97 Å². The van der Waals surface area contributed by atoms with Crippen molar-refractivity contribution in [2.75, 3.05) is 20.2 Å². The van der Waals surface area contributed by atoms with Gasteiger partial charge in [-0.05, 0) is 19.4 Å². The van der Waals surface area contributed by atoms with E-state index in [1.165, 1.54) is 19.3 Å². The number of esters is 1. The summed E-state index contributed by atoms with van der Waals surface area (Å²) in [5.74, 6) is 0.755. The summed E-state index contributed by atoms with van der Waals surface area (Å²) in [5.41, 5.74) is 0. The molecule has 0 unspecified atom stereocenters. The highest BCUT2D eigenvalue weighted by Gasteiger charge is 2.17. The van der Waals surface area contributed by atoms with Crippen molar-refractivity contribution in [3.63, 3.8) is 0 Å². The first-order valence-corrected chi connectivity index (χ1v) is 5.13. The van der Waals surface area contributed by atoms with E-state index < -0.39 is 0 Å². The predicted molar refractivity (Wildman–Crippen MR) is 51.5 cm³/mol. The van der Waals surface area contributed by atoms with Gasteiger partial charge < -0.3 is 10.1 Å². The maximum absolute atomic E-state index is 11.0. The van der Waals surface area contributed by atoms with E-state index in [-0.39, 0.29) is 5.97 Å². The van der Waals surface area contributed by atoms with Gasteiger partial charge in [-0.1, -0.05) is 19.3 Å². The highest BCUT2D eigenvalue weighted by Crippen LogP contribution is 2.29. The Morgan fingerprint density at radius 2 is 2.31 bits per heavy atom. The molecule has 0 aromatic heterocycles. The van der Waals surface area contributed by atoms with Gasteiger partial charge in [0, 0.05) is 6.54 Å². The second-order valence-corrected chi connectivity index (χ2v) is 3.66. The first-order valence-electron chi connectivity index (χ1n) is 5.13. The molecule has 1 fully saturated rings. The van der Waals surface area contributed by atoms with E-state index in [0.717, 1.165) is 12.3 Å². The molecule has 0 radical (unpaired) electrons. The van der Waals surface area contributed by atoms with Gasteiger partial charge in [0.2, 0.25) is 0 Å². The molecule has 0 aromatic carbocycles. The molecule has 3 heteroatoms. The molecule has 0 aliphatic heterocycles. The summed E-state index contributed by atoms with van der Waals surface area (Å²) < 4.78 is 5.07. The molecule has 1 aliphatic rings. The summed E-state index contributed by atoms with van der Waals surface area (Å²) >= 11 is 0. The molecule has 0 saturated heterocycles. The van der Waals surface area contributed by atoms with Gasteiger partial charge in [-0.25, -0.2) is 0 Å². The molecule has 0 bridgehead atoms. The molecular formula is C10H19NO2. The van der Waals surface area contributed by atoms with E-state index in [1.54, 1.807) is 0 Å². The quantitative estimate of drug-likeness (QED) is 0.634. The van der Waals surface area contributed by atoms with E-state index >= 15 is 0 Å². The Kier molecular flexibility index (Phi) is 4.83. The van der Waals surface area contributed by atoms with E-state index in [4.69, 9.17) is 4.74 Å². The molecule has 76 valence electrons. The van der Waals surface area contributed by atoms with Crippen LogP contribution in [0.15, 0.2) is 0 Å². The number of hydrogen-bond acceptors (Lipinski definition) is 3. The van der Waals surface area contributed by atoms with Gasteiger partial charge in [-0.3, -0.25) is 4.79 Å². The van der Waals surface area contributed by atoms with E-state index in [1.807, 2.05) is 7.05 Å². The lowest BCUT2D eigenvalue weighted by Gasteiger charge is -2.24. The van der Waals surface area contributed by atoms with Gasteiger partial charge in [0.25, 0.3) is 0 Å². The minimum Gasteiger partial charge on any atom is -0.466 e. The van der Waals surface area contributed by atoms with Crippen LogP contribution in [0.2, 0.25) is 0 Å². The SMILES string of the molecule is CNCCC(=O)OCCC1CCC1. The van der Waals surface area contributed by atoms with Gasteiger partial charge in [-0.2, -0.15) is 0 Å². The number of hydrogen-bond donors (Lipinski definition) is 1. The summed E-state index contributed by atoms with van der Waals surface area (Å²) in [7, 11) is 1.83. The van der Waals surface area contributed by atoms with Gasteiger partial charge in [-0.15, -0.1) is 0 Å². The van der Waals surface area contributed by atoms with Crippen molar-refractivity contribution in [2.24, 2.45) is 5.92 Å². The van der Waals surface area contributed by atoms with Gasteiger partial charge in [0.1, 0.15) is 0 Å². The third kappa shape index (κ3) is 4.27. The molecule has 0 aromatic rings. The lowest BCUT2D eigenvalue weighted by molar-refractivity contribution is -0.144. The van der Waals surface area contributed by atoms with Crippen molar-refractivity contribution in [2.45, 2.75) is 32.1 Å². The zero-order valence-corrected chi connectivity index (χ0v) is 8.34. The van der Waals surface area contributed by atoms with Gasteiger partial charge in [0.05, 0.1) is 13.0 Å². The molecule has 0 heterocycles. The van der Waals surface area contributed by atoms with Crippen LogP contribution in [0.5, 0.6) is 0 Å². The number of carbonyl (C=O) groups excluding carboxylic acids is 1. The van der Waals surface area contributed by atoms with E-state index in [0.29, 0.717) is 19.6 Å². The molecule has 1 rings (SSSR count). The molecule has 0 atom stereocenters. The Bertz CT molecular complexity index is 155. The number of carbonyl (C=O) groups is 1. The zero-order chi connectivity index (χ0) is 9.52. The first kappa shape index (κ1) is 10.5. The summed E-state index contributed by atoms with van der Waals surface area (Å²) in [5, 5.41) is 2.92. The lowest BCUT2D eigenvalue weighted by atomic mass is 9.83. The fraction of sp³-hybridized carbons (Fsp3) is 0.900. The lowest BCUT2D eigenvalue weighted by Crippen LogP contribution is -2.18. The number of nitrogens with one attached hydrogen (secondary N) is 1. The molecule has 1 N–H and O–H groups in total. The Morgan fingerprint density at radius 1 is 1.54 bits per heavy atom. The topological polar surface area (TPSA) is 38.3 Å². The average molecular weight is 185 g/mol. The molecule has 13 heavy (non-hydrogen) atoms. The third-order valence-electron chi connectivity index (χ3n) is 2.59. The van der Waals surface area contributed by atoms with Crippen LogP contribution in [-0.4, -0.2) is 26.2 Å². The average Bonchev–Trinajstić information content (AvgIpc) is 2.06. The first-order chi connectivity index (χ1) is 6.33. The molecule has 1 aliphatic carbocycles. The van der Waals surface area contributed by atoms with Crippen LogP contribution < -0.4 is 5.32 Å². The molecule has 0 spiro atoms. The molecule has 0 amide bonds. The summed E-state index contributed by atoms with van der Waals surface area (Å²) in [6.07, 6.45) is 5.56. The van der Waals surface area contributed by atoms with Crippen LogP contribution in [0.3, 0.4) is 0 Å². The largest absolute Gasteiger partial charge is 0.466 e.